The lowest BCUT2D eigenvalue weighted by Gasteiger charge is -2.05. The molecule has 0 aliphatic rings. The second-order valence-electron chi connectivity index (χ2n) is 2.38. The van der Waals surface area contributed by atoms with Crippen LogP contribution in [0.4, 0.5) is 0 Å². The van der Waals surface area contributed by atoms with Crippen LogP contribution in [0.5, 0.6) is 11.5 Å². The van der Waals surface area contributed by atoms with E-state index in [0.29, 0.717) is 16.3 Å². The number of carbonyl (C=O) groups excluding carboxylic acids is 1. The normalized spacial score (nSPS) is 9.83. The van der Waals surface area contributed by atoms with Crippen molar-refractivity contribution < 1.29 is 15.0 Å². The molecule has 0 amide bonds. The third kappa shape index (κ3) is 1.30. The molecular weight excluding hydrogens is 224 g/mol. The van der Waals surface area contributed by atoms with E-state index in [1.165, 1.54) is 13.0 Å². The van der Waals surface area contributed by atoms with E-state index in [-0.39, 0.29) is 17.1 Å². The Morgan fingerprint density at radius 3 is 2.58 bits per heavy atom. The number of carbonyl (C=O) groups is 1. The maximum absolute atomic E-state index is 10.4. The summed E-state index contributed by atoms with van der Waals surface area (Å²) in [6.07, 6.45) is 0.534. The van der Waals surface area contributed by atoms with Gasteiger partial charge in [0, 0.05) is 10.0 Å². The molecule has 12 heavy (non-hydrogen) atoms. The molecule has 0 bridgehead atoms. The Balaban J connectivity index is 3.51. The summed E-state index contributed by atoms with van der Waals surface area (Å²) >= 11 is 3.04. The average Bonchev–Trinajstić information content (AvgIpc) is 2.01. The van der Waals surface area contributed by atoms with E-state index in [0.717, 1.165) is 0 Å². The predicted molar refractivity (Wildman–Crippen MR) is 47.6 cm³/mol. The summed E-state index contributed by atoms with van der Waals surface area (Å²) in [5.74, 6) is -0.221. The van der Waals surface area contributed by atoms with Gasteiger partial charge in [-0.1, -0.05) is 0 Å². The van der Waals surface area contributed by atoms with E-state index in [1.54, 1.807) is 0 Å². The zero-order valence-electron chi connectivity index (χ0n) is 6.34. The first-order chi connectivity index (χ1) is 5.57. The molecule has 0 aromatic heterocycles. The van der Waals surface area contributed by atoms with Crippen molar-refractivity contribution in [3.05, 3.63) is 21.7 Å². The lowest BCUT2D eigenvalue weighted by Crippen LogP contribution is -1.87. The van der Waals surface area contributed by atoms with Crippen molar-refractivity contribution in [2.75, 3.05) is 0 Å². The quantitative estimate of drug-likeness (QED) is 0.726. The van der Waals surface area contributed by atoms with Crippen LogP contribution < -0.4 is 0 Å². The largest absolute Gasteiger partial charge is 0.508 e. The number of benzene rings is 1. The van der Waals surface area contributed by atoms with Crippen LogP contribution in [0, 0.1) is 6.92 Å². The summed E-state index contributed by atoms with van der Waals surface area (Å²) < 4.78 is 0.387. The Kier molecular flexibility index (Phi) is 2.38. The van der Waals surface area contributed by atoms with Crippen molar-refractivity contribution in [3.8, 4) is 11.5 Å². The Labute approximate surface area is 77.8 Å². The van der Waals surface area contributed by atoms with Gasteiger partial charge in [-0.15, -0.1) is 0 Å². The van der Waals surface area contributed by atoms with Gasteiger partial charge in [0.1, 0.15) is 11.5 Å². The Hall–Kier alpha value is -1.03. The highest BCUT2D eigenvalue weighted by molar-refractivity contribution is 9.10. The maximum Gasteiger partial charge on any atom is 0.154 e. The van der Waals surface area contributed by atoms with Gasteiger partial charge in [0.05, 0.1) is 5.56 Å². The van der Waals surface area contributed by atoms with Crippen molar-refractivity contribution in [3.63, 3.8) is 0 Å². The molecule has 4 heteroatoms. The van der Waals surface area contributed by atoms with E-state index >= 15 is 0 Å². The number of hydrogen-bond acceptors (Lipinski definition) is 3. The predicted octanol–water partition coefficient (Wildman–Crippen LogP) is 1.98. The van der Waals surface area contributed by atoms with Crippen LogP contribution in [-0.2, 0) is 0 Å². The summed E-state index contributed by atoms with van der Waals surface area (Å²) in [6.45, 7) is 1.53. The van der Waals surface area contributed by atoms with E-state index < -0.39 is 0 Å². The van der Waals surface area contributed by atoms with Gasteiger partial charge in [-0.25, -0.2) is 0 Å². The van der Waals surface area contributed by atoms with E-state index in [1.807, 2.05) is 0 Å². The SMILES string of the molecule is Cc1c(O)cc(Br)c(C=O)c1O. The summed E-state index contributed by atoms with van der Waals surface area (Å²) in [4.78, 5) is 10.4. The second-order valence-corrected chi connectivity index (χ2v) is 3.24. The maximum atomic E-state index is 10.4. The first kappa shape index (κ1) is 9.06. The van der Waals surface area contributed by atoms with Crippen LogP contribution in [0.25, 0.3) is 0 Å². The molecule has 0 saturated carbocycles. The minimum Gasteiger partial charge on any atom is -0.508 e. The summed E-state index contributed by atoms with van der Waals surface area (Å²) in [5, 5.41) is 18.5. The van der Waals surface area contributed by atoms with Crippen molar-refractivity contribution in [2.45, 2.75) is 6.92 Å². The van der Waals surface area contributed by atoms with Crippen molar-refractivity contribution in [1.82, 2.24) is 0 Å². The van der Waals surface area contributed by atoms with Crippen LogP contribution >= 0.6 is 15.9 Å². The fourth-order valence-corrected chi connectivity index (χ4v) is 1.35. The van der Waals surface area contributed by atoms with Crippen LogP contribution in [0.2, 0.25) is 0 Å². The smallest absolute Gasteiger partial charge is 0.154 e. The molecule has 1 rings (SSSR count). The summed E-state index contributed by atoms with van der Waals surface area (Å²) in [7, 11) is 0. The highest BCUT2D eigenvalue weighted by Gasteiger charge is 2.11. The van der Waals surface area contributed by atoms with Crippen LogP contribution in [-0.4, -0.2) is 16.5 Å². The van der Waals surface area contributed by atoms with Gasteiger partial charge in [-0.2, -0.15) is 0 Å². The molecule has 0 fully saturated rings. The lowest BCUT2D eigenvalue weighted by atomic mass is 10.1. The molecule has 1 aromatic rings. The number of aldehydes is 1. The van der Waals surface area contributed by atoms with Crippen LogP contribution in [0.1, 0.15) is 15.9 Å². The van der Waals surface area contributed by atoms with Crippen LogP contribution in [0.15, 0.2) is 10.5 Å². The van der Waals surface area contributed by atoms with E-state index in [4.69, 9.17) is 0 Å². The van der Waals surface area contributed by atoms with Gasteiger partial charge in [-0.3, -0.25) is 4.79 Å². The van der Waals surface area contributed by atoms with Gasteiger partial charge in [0.15, 0.2) is 6.29 Å². The lowest BCUT2D eigenvalue weighted by molar-refractivity contribution is 0.112. The van der Waals surface area contributed by atoms with Crippen molar-refractivity contribution in [2.24, 2.45) is 0 Å². The molecule has 0 aliphatic heterocycles. The number of halogens is 1. The summed E-state index contributed by atoms with van der Waals surface area (Å²) in [5.41, 5.74) is 0.464. The fraction of sp³-hybridized carbons (Fsp3) is 0.125. The van der Waals surface area contributed by atoms with Gasteiger partial charge in [0.2, 0.25) is 0 Å². The van der Waals surface area contributed by atoms with Gasteiger partial charge < -0.3 is 10.2 Å². The Morgan fingerprint density at radius 2 is 2.08 bits per heavy atom. The molecule has 1 aromatic carbocycles. The van der Waals surface area contributed by atoms with Gasteiger partial charge >= 0.3 is 0 Å². The zero-order chi connectivity index (χ0) is 9.30. The van der Waals surface area contributed by atoms with Crippen LogP contribution in [0.3, 0.4) is 0 Å². The molecule has 2 N–H and O–H groups in total. The molecule has 0 heterocycles. The molecule has 0 atom stereocenters. The number of rotatable bonds is 1. The number of aromatic hydroxyl groups is 2. The Bertz CT molecular complexity index is 334. The Morgan fingerprint density at radius 1 is 1.50 bits per heavy atom. The first-order valence-electron chi connectivity index (χ1n) is 3.24. The molecule has 0 radical (unpaired) electrons. The third-order valence-corrected chi connectivity index (χ3v) is 2.29. The molecule has 0 saturated heterocycles. The second kappa shape index (κ2) is 3.15. The average molecular weight is 231 g/mol. The topological polar surface area (TPSA) is 57.5 Å². The molecule has 3 nitrogen and oxygen atoms in total. The number of hydrogen-bond donors (Lipinski definition) is 2. The molecular formula is C8H7BrO3. The standard InChI is InChI=1S/C8H7BrO3/c1-4-7(11)2-6(9)5(3-10)8(4)12/h2-3,11-12H,1H3. The van der Waals surface area contributed by atoms with E-state index in [2.05, 4.69) is 15.9 Å². The molecule has 0 aliphatic carbocycles. The fourth-order valence-electron chi connectivity index (χ4n) is 0.855. The number of phenolic OH excluding ortho intramolecular Hbond substituents is 2. The molecule has 0 unspecified atom stereocenters. The zero-order valence-corrected chi connectivity index (χ0v) is 7.92. The third-order valence-electron chi connectivity index (χ3n) is 1.63. The molecule has 0 spiro atoms. The van der Waals surface area contributed by atoms with Gasteiger partial charge in [0.25, 0.3) is 0 Å². The molecule has 64 valence electrons. The van der Waals surface area contributed by atoms with Crippen molar-refractivity contribution in [1.29, 1.82) is 0 Å². The monoisotopic (exact) mass is 230 g/mol. The minimum atomic E-state index is -0.183. The van der Waals surface area contributed by atoms with E-state index in [9.17, 15) is 15.0 Å². The van der Waals surface area contributed by atoms with Gasteiger partial charge in [-0.05, 0) is 28.9 Å². The first-order valence-corrected chi connectivity index (χ1v) is 4.03. The number of phenols is 2. The minimum absolute atomic E-state index is 0.0371. The highest BCUT2D eigenvalue weighted by Crippen LogP contribution is 2.34. The summed E-state index contributed by atoms with van der Waals surface area (Å²) in [6, 6.07) is 1.37. The van der Waals surface area contributed by atoms with Crippen molar-refractivity contribution >= 4 is 22.2 Å². The highest BCUT2D eigenvalue weighted by atomic mass is 79.9.